The first-order valence-electron chi connectivity index (χ1n) is 14.8. The van der Waals surface area contributed by atoms with Crippen LogP contribution in [0.3, 0.4) is 0 Å². The highest BCUT2D eigenvalue weighted by Gasteiger charge is 2.20. The zero-order chi connectivity index (χ0) is 34.6. The third-order valence-corrected chi connectivity index (χ3v) is 9.73. The Morgan fingerprint density at radius 2 is 1.18 bits per heavy atom. The molecule has 0 aliphatic carbocycles. The lowest BCUT2D eigenvalue weighted by molar-refractivity contribution is 0.599. The van der Waals surface area contributed by atoms with Crippen molar-refractivity contribution in [3.05, 3.63) is 120 Å². The number of para-hydroxylation sites is 1. The highest BCUT2D eigenvalue weighted by atomic mass is 32.2. The summed E-state index contributed by atoms with van der Waals surface area (Å²) >= 11 is 0. The van der Waals surface area contributed by atoms with Crippen LogP contribution < -0.4 is 25.6 Å². The van der Waals surface area contributed by atoms with E-state index in [9.17, 15) is 16.8 Å². The van der Waals surface area contributed by atoms with Gasteiger partial charge in [0.05, 0.1) is 26.9 Å². The van der Waals surface area contributed by atoms with Crippen molar-refractivity contribution in [1.29, 1.82) is 0 Å². The molecule has 6 rings (SSSR count). The number of rotatable bonds is 12. The maximum absolute atomic E-state index is 13.1. The van der Waals surface area contributed by atoms with Crippen molar-refractivity contribution >= 4 is 54.8 Å². The predicted octanol–water partition coefficient (Wildman–Crippen LogP) is 5.16. The zero-order valence-electron chi connectivity index (χ0n) is 26.4. The van der Waals surface area contributed by atoms with Crippen LogP contribution in [0.25, 0.3) is 5.69 Å². The van der Waals surface area contributed by atoms with Gasteiger partial charge < -0.3 is 10.7 Å². The standard InChI is InChI=1S/C32H31N11O4S2/c1-21-20-22(2)36-32(35-21)42-49(46,47)28-16-12-26(13-17-28)43-23(3)29(30(40-43)37-24-8-5-4-6-9-24)39-38-25-10-14-27(15-11-25)48(44,45)41-31-33-18-7-19-34-31/h4-20,38-39H,1-3H3,(H,37,40)(H,33,34,41)(H,35,36,42). The van der Waals surface area contributed by atoms with Crippen molar-refractivity contribution in [1.82, 2.24) is 29.7 Å². The number of sulfonamides is 2. The van der Waals surface area contributed by atoms with Gasteiger partial charge in [-0.2, -0.15) is 0 Å². The Morgan fingerprint density at radius 1 is 0.612 bits per heavy atom. The molecular weight excluding hydrogens is 667 g/mol. The molecule has 0 aliphatic heterocycles. The van der Waals surface area contributed by atoms with Crippen molar-refractivity contribution in [2.45, 2.75) is 30.6 Å². The van der Waals surface area contributed by atoms with E-state index in [0.717, 1.165) is 5.69 Å². The van der Waals surface area contributed by atoms with Crippen LogP contribution in [0.1, 0.15) is 17.1 Å². The molecule has 49 heavy (non-hydrogen) atoms. The number of hydrogen-bond acceptors (Lipinski definition) is 12. The third-order valence-electron chi connectivity index (χ3n) is 7.04. The van der Waals surface area contributed by atoms with Crippen LogP contribution in [0.2, 0.25) is 0 Å². The normalized spacial score (nSPS) is 11.5. The summed E-state index contributed by atoms with van der Waals surface area (Å²) in [5, 5.41) is 8.08. The number of hydrazine groups is 1. The fourth-order valence-corrected chi connectivity index (χ4v) is 6.65. The molecule has 15 nitrogen and oxygen atoms in total. The van der Waals surface area contributed by atoms with Gasteiger partial charge in [0.25, 0.3) is 20.0 Å². The van der Waals surface area contributed by atoms with Crippen molar-refractivity contribution in [2.75, 3.05) is 25.6 Å². The minimum absolute atomic E-state index is 0.000873. The first kappa shape index (κ1) is 32.9. The monoisotopic (exact) mass is 697 g/mol. The number of aryl methyl sites for hydroxylation is 2. The Morgan fingerprint density at radius 3 is 1.80 bits per heavy atom. The molecule has 0 amide bonds. The highest BCUT2D eigenvalue weighted by Crippen LogP contribution is 2.31. The lowest BCUT2D eigenvalue weighted by Crippen LogP contribution is -2.16. The second-order valence-electron chi connectivity index (χ2n) is 10.7. The van der Waals surface area contributed by atoms with Gasteiger partial charge in [0.1, 0.15) is 5.69 Å². The summed E-state index contributed by atoms with van der Waals surface area (Å²) in [6, 6.07) is 25.2. The summed E-state index contributed by atoms with van der Waals surface area (Å²) in [5.41, 5.74) is 10.8. The molecule has 0 atom stereocenters. The molecule has 17 heteroatoms. The molecule has 3 heterocycles. The van der Waals surface area contributed by atoms with Gasteiger partial charge >= 0.3 is 0 Å². The molecule has 3 aromatic heterocycles. The van der Waals surface area contributed by atoms with Crippen LogP contribution in [-0.4, -0.2) is 46.6 Å². The van der Waals surface area contributed by atoms with Gasteiger partial charge in [-0.25, -0.2) is 50.9 Å². The van der Waals surface area contributed by atoms with E-state index < -0.39 is 20.0 Å². The van der Waals surface area contributed by atoms with Crippen LogP contribution >= 0.6 is 0 Å². The Kier molecular flexibility index (Phi) is 9.10. The topological polar surface area (TPSA) is 198 Å². The Bertz CT molecular complexity index is 2280. The average Bonchev–Trinajstić information content (AvgIpc) is 3.38. The van der Waals surface area contributed by atoms with E-state index in [1.165, 1.54) is 36.7 Å². The van der Waals surface area contributed by atoms with Gasteiger partial charge in [0, 0.05) is 29.5 Å². The largest absolute Gasteiger partial charge is 0.337 e. The summed E-state index contributed by atoms with van der Waals surface area (Å²) in [4.78, 5) is 16.2. The number of aromatic nitrogens is 6. The molecule has 5 N–H and O–H groups in total. The van der Waals surface area contributed by atoms with Gasteiger partial charge in [-0.05, 0) is 93.6 Å². The van der Waals surface area contributed by atoms with Crippen LogP contribution in [0, 0.1) is 20.8 Å². The second kappa shape index (κ2) is 13.6. The van der Waals surface area contributed by atoms with E-state index in [0.29, 0.717) is 40.0 Å². The predicted molar refractivity (Wildman–Crippen MR) is 187 cm³/mol. The Labute approximate surface area is 283 Å². The highest BCUT2D eigenvalue weighted by molar-refractivity contribution is 7.93. The molecule has 0 bridgehead atoms. The molecule has 0 unspecified atom stereocenters. The van der Waals surface area contributed by atoms with E-state index in [2.05, 4.69) is 45.5 Å². The van der Waals surface area contributed by atoms with E-state index in [4.69, 9.17) is 5.10 Å². The lowest BCUT2D eigenvalue weighted by atomic mass is 10.3. The summed E-state index contributed by atoms with van der Waals surface area (Å²) in [7, 11) is -7.85. The third kappa shape index (κ3) is 7.74. The summed E-state index contributed by atoms with van der Waals surface area (Å²) in [6.07, 6.45) is 2.88. The van der Waals surface area contributed by atoms with Gasteiger partial charge in [0.2, 0.25) is 11.9 Å². The molecule has 0 spiro atoms. The molecule has 6 aromatic rings. The quantitative estimate of drug-likeness (QED) is 0.105. The SMILES string of the molecule is Cc1cc(C)nc(NS(=O)(=O)c2ccc(-n3nc(Nc4ccccc4)c(NNc4ccc(S(=O)(=O)Nc5ncccn5)cc4)c3C)cc2)n1. The second-order valence-corrected chi connectivity index (χ2v) is 14.1. The van der Waals surface area contributed by atoms with Gasteiger partial charge in [0.15, 0.2) is 5.82 Å². The summed E-state index contributed by atoms with van der Waals surface area (Å²) in [6.45, 7) is 5.37. The Hall–Kier alpha value is -6.07. The van der Waals surface area contributed by atoms with Crippen LogP contribution in [0.15, 0.2) is 113 Å². The average molecular weight is 698 g/mol. The zero-order valence-corrected chi connectivity index (χ0v) is 28.1. The number of nitrogens with zero attached hydrogens (tertiary/aromatic N) is 6. The van der Waals surface area contributed by atoms with E-state index >= 15 is 0 Å². The Balaban J connectivity index is 1.23. The number of hydrogen-bond donors (Lipinski definition) is 5. The fraction of sp³-hybridized carbons (Fsp3) is 0.0938. The molecule has 0 aliphatic rings. The van der Waals surface area contributed by atoms with E-state index in [-0.39, 0.29) is 21.7 Å². The van der Waals surface area contributed by atoms with Crippen LogP contribution in [0.5, 0.6) is 0 Å². The fourth-order valence-electron chi connectivity index (χ4n) is 4.75. The van der Waals surface area contributed by atoms with Crippen molar-refractivity contribution in [2.24, 2.45) is 0 Å². The summed E-state index contributed by atoms with van der Waals surface area (Å²) in [5.74, 6) is 0.448. The van der Waals surface area contributed by atoms with E-state index in [1.54, 1.807) is 54.9 Å². The maximum Gasteiger partial charge on any atom is 0.264 e. The number of benzene rings is 3. The van der Waals surface area contributed by atoms with Gasteiger partial charge in [-0.1, -0.05) is 18.2 Å². The summed E-state index contributed by atoms with van der Waals surface area (Å²) < 4.78 is 58.2. The first-order chi connectivity index (χ1) is 23.5. The number of anilines is 6. The first-order valence-corrected chi connectivity index (χ1v) is 17.7. The smallest absolute Gasteiger partial charge is 0.264 e. The van der Waals surface area contributed by atoms with Crippen molar-refractivity contribution in [3.63, 3.8) is 0 Å². The minimum atomic E-state index is -3.95. The molecular formula is C32H31N11O4S2. The lowest BCUT2D eigenvalue weighted by Gasteiger charge is -2.13. The van der Waals surface area contributed by atoms with Crippen LogP contribution in [0.4, 0.5) is 34.8 Å². The molecule has 0 fully saturated rings. The van der Waals surface area contributed by atoms with Crippen molar-refractivity contribution in [3.8, 4) is 5.69 Å². The molecule has 0 saturated carbocycles. The van der Waals surface area contributed by atoms with Crippen molar-refractivity contribution < 1.29 is 16.8 Å². The number of nitrogens with one attached hydrogen (secondary N) is 5. The molecule has 0 radical (unpaired) electrons. The van der Waals surface area contributed by atoms with E-state index in [1.807, 2.05) is 37.3 Å². The van der Waals surface area contributed by atoms with Gasteiger partial charge in [-0.3, -0.25) is 5.43 Å². The molecule has 3 aromatic carbocycles. The molecule has 250 valence electrons. The van der Waals surface area contributed by atoms with Gasteiger partial charge in [-0.15, -0.1) is 5.10 Å². The van der Waals surface area contributed by atoms with Crippen LogP contribution in [-0.2, 0) is 20.0 Å². The maximum atomic E-state index is 13.1. The minimum Gasteiger partial charge on any atom is -0.337 e. The molecule has 0 saturated heterocycles.